The molecule has 0 aliphatic carbocycles. The maximum atomic E-state index is 10.8. The molecule has 4 N–H and O–H groups in total. The first kappa shape index (κ1) is 16.2. The third-order valence-electron chi connectivity index (χ3n) is 2.85. The molecule has 5 heteroatoms. The third-order valence-corrected chi connectivity index (χ3v) is 2.85. The molecule has 0 fully saturated rings. The van der Waals surface area contributed by atoms with E-state index in [9.17, 15) is 14.7 Å². The molecule has 1 atom stereocenters. The molecule has 1 amide bonds. The Labute approximate surface area is 122 Å². The number of amides is 1. The lowest BCUT2D eigenvalue weighted by atomic mass is 10.00. The van der Waals surface area contributed by atoms with E-state index < -0.39 is 17.8 Å². The predicted octanol–water partition coefficient (Wildman–Crippen LogP) is 2.37. The molecule has 0 heterocycles. The van der Waals surface area contributed by atoms with Crippen molar-refractivity contribution < 1.29 is 19.8 Å². The zero-order valence-corrected chi connectivity index (χ0v) is 11.6. The zero-order valence-electron chi connectivity index (χ0n) is 11.6. The summed E-state index contributed by atoms with van der Waals surface area (Å²) in [7, 11) is 0. The molecule has 0 saturated carbocycles. The van der Waals surface area contributed by atoms with Gasteiger partial charge < -0.3 is 15.9 Å². The van der Waals surface area contributed by atoms with E-state index in [1.807, 2.05) is 0 Å². The number of hydrogen-bond acceptors (Lipinski definition) is 3. The monoisotopic (exact) mass is 287 g/mol. The molecule has 2 aromatic carbocycles. The SMILES string of the molecule is CC(C(N)=O)c1ccccc1O.O=C(O)c1ccccc1. The van der Waals surface area contributed by atoms with Gasteiger partial charge in [0.2, 0.25) is 5.91 Å². The Morgan fingerprint density at radius 1 is 1.00 bits per heavy atom. The molecule has 0 bridgehead atoms. The van der Waals surface area contributed by atoms with E-state index in [1.165, 1.54) is 6.07 Å². The number of benzene rings is 2. The number of carboxylic acids is 1. The molecule has 2 rings (SSSR count). The van der Waals surface area contributed by atoms with Crippen LogP contribution in [0.4, 0.5) is 0 Å². The molecular weight excluding hydrogens is 270 g/mol. The molecule has 0 radical (unpaired) electrons. The van der Waals surface area contributed by atoms with Gasteiger partial charge in [-0.25, -0.2) is 4.79 Å². The van der Waals surface area contributed by atoms with E-state index in [4.69, 9.17) is 10.8 Å². The van der Waals surface area contributed by atoms with Gasteiger partial charge in [-0.3, -0.25) is 4.79 Å². The van der Waals surface area contributed by atoms with Gasteiger partial charge >= 0.3 is 5.97 Å². The van der Waals surface area contributed by atoms with Crippen LogP contribution in [0.5, 0.6) is 5.75 Å². The largest absolute Gasteiger partial charge is 0.508 e. The number of primary amides is 1. The van der Waals surface area contributed by atoms with Gasteiger partial charge in [0.05, 0.1) is 11.5 Å². The quantitative estimate of drug-likeness (QED) is 0.806. The van der Waals surface area contributed by atoms with E-state index in [2.05, 4.69) is 0 Å². The van der Waals surface area contributed by atoms with Crippen LogP contribution < -0.4 is 5.73 Å². The number of phenols is 1. The van der Waals surface area contributed by atoms with Crippen molar-refractivity contribution in [3.63, 3.8) is 0 Å². The van der Waals surface area contributed by atoms with Crippen LogP contribution in [-0.2, 0) is 4.79 Å². The van der Waals surface area contributed by atoms with Gasteiger partial charge in [0.15, 0.2) is 0 Å². The van der Waals surface area contributed by atoms with Crippen molar-refractivity contribution in [1.29, 1.82) is 0 Å². The number of para-hydroxylation sites is 1. The second-order valence-corrected chi connectivity index (χ2v) is 4.35. The first-order chi connectivity index (χ1) is 9.93. The number of carboxylic acid groups (broad SMARTS) is 1. The van der Waals surface area contributed by atoms with Crippen LogP contribution in [0.3, 0.4) is 0 Å². The van der Waals surface area contributed by atoms with Crippen LogP contribution >= 0.6 is 0 Å². The Morgan fingerprint density at radius 3 is 1.95 bits per heavy atom. The number of aromatic carboxylic acids is 1. The molecule has 0 saturated heterocycles. The highest BCUT2D eigenvalue weighted by atomic mass is 16.4. The topological polar surface area (TPSA) is 101 Å². The second-order valence-electron chi connectivity index (χ2n) is 4.35. The Hall–Kier alpha value is -2.82. The number of rotatable bonds is 3. The summed E-state index contributed by atoms with van der Waals surface area (Å²) < 4.78 is 0. The lowest BCUT2D eigenvalue weighted by Gasteiger charge is -2.08. The third kappa shape index (κ3) is 4.99. The molecule has 0 aliphatic heterocycles. The van der Waals surface area contributed by atoms with Gasteiger partial charge in [-0.2, -0.15) is 0 Å². The highest BCUT2D eigenvalue weighted by molar-refractivity contribution is 5.87. The van der Waals surface area contributed by atoms with Crippen molar-refractivity contribution in [2.45, 2.75) is 12.8 Å². The van der Waals surface area contributed by atoms with Gasteiger partial charge in [0.25, 0.3) is 0 Å². The van der Waals surface area contributed by atoms with Crippen molar-refractivity contribution in [2.24, 2.45) is 5.73 Å². The number of hydrogen-bond donors (Lipinski definition) is 3. The van der Waals surface area contributed by atoms with E-state index in [0.717, 1.165) is 0 Å². The van der Waals surface area contributed by atoms with E-state index in [0.29, 0.717) is 11.1 Å². The van der Waals surface area contributed by atoms with Crippen molar-refractivity contribution in [3.05, 3.63) is 65.7 Å². The van der Waals surface area contributed by atoms with Crippen molar-refractivity contribution in [3.8, 4) is 5.75 Å². The highest BCUT2D eigenvalue weighted by Crippen LogP contribution is 2.24. The summed E-state index contributed by atoms with van der Waals surface area (Å²) in [6.45, 7) is 1.66. The Morgan fingerprint density at radius 2 is 1.52 bits per heavy atom. The molecule has 5 nitrogen and oxygen atoms in total. The lowest BCUT2D eigenvalue weighted by Crippen LogP contribution is -2.18. The molecule has 2 aromatic rings. The molecule has 0 spiro atoms. The average molecular weight is 287 g/mol. The number of nitrogens with two attached hydrogens (primary N) is 1. The van der Waals surface area contributed by atoms with Crippen LogP contribution in [0.25, 0.3) is 0 Å². The zero-order chi connectivity index (χ0) is 15.8. The normalized spacial score (nSPS) is 10.9. The fraction of sp³-hybridized carbons (Fsp3) is 0.125. The first-order valence-electron chi connectivity index (χ1n) is 6.29. The minimum Gasteiger partial charge on any atom is -0.508 e. The van der Waals surface area contributed by atoms with Crippen molar-refractivity contribution >= 4 is 11.9 Å². The number of carbonyl (C=O) groups excluding carboxylic acids is 1. The predicted molar refractivity (Wildman–Crippen MR) is 79.1 cm³/mol. The minimum atomic E-state index is -0.879. The van der Waals surface area contributed by atoms with Crippen molar-refractivity contribution in [1.82, 2.24) is 0 Å². The molecule has 0 aliphatic rings. The molecule has 0 aromatic heterocycles. The fourth-order valence-corrected chi connectivity index (χ4v) is 1.59. The van der Waals surface area contributed by atoms with E-state index in [-0.39, 0.29) is 5.75 Å². The Balaban J connectivity index is 0.000000219. The maximum absolute atomic E-state index is 10.8. The number of carbonyl (C=O) groups is 2. The van der Waals surface area contributed by atoms with E-state index in [1.54, 1.807) is 55.5 Å². The van der Waals surface area contributed by atoms with Crippen LogP contribution in [0, 0.1) is 0 Å². The number of aromatic hydroxyl groups is 1. The van der Waals surface area contributed by atoms with Gasteiger partial charge in [-0.1, -0.05) is 36.4 Å². The van der Waals surface area contributed by atoms with Crippen LogP contribution in [0.2, 0.25) is 0 Å². The highest BCUT2D eigenvalue weighted by Gasteiger charge is 2.14. The van der Waals surface area contributed by atoms with Gasteiger partial charge in [-0.15, -0.1) is 0 Å². The van der Waals surface area contributed by atoms with Crippen LogP contribution in [0.15, 0.2) is 54.6 Å². The standard InChI is InChI=1S/C9H11NO2.C7H6O2/c1-6(9(10)12)7-4-2-3-5-8(7)11;8-7(9)6-4-2-1-3-5-6/h2-6,11H,1H3,(H2,10,12);1-5H,(H,8,9). The Kier molecular flexibility index (Phi) is 5.95. The minimum absolute atomic E-state index is 0.115. The van der Waals surface area contributed by atoms with Crippen LogP contribution in [-0.4, -0.2) is 22.1 Å². The fourth-order valence-electron chi connectivity index (χ4n) is 1.59. The summed E-state index contributed by atoms with van der Waals surface area (Å²) in [4.78, 5) is 21.0. The van der Waals surface area contributed by atoms with Gasteiger partial charge in [0, 0.05) is 5.56 Å². The Bertz CT molecular complexity index is 611. The van der Waals surface area contributed by atoms with Crippen LogP contribution in [0.1, 0.15) is 28.8 Å². The smallest absolute Gasteiger partial charge is 0.335 e. The summed E-state index contributed by atoms with van der Waals surface area (Å²) in [6, 6.07) is 15.0. The lowest BCUT2D eigenvalue weighted by molar-refractivity contribution is -0.119. The first-order valence-corrected chi connectivity index (χ1v) is 6.29. The number of phenolic OH excluding ortho intramolecular Hbond substituents is 1. The molecule has 1 unspecified atom stereocenters. The summed E-state index contributed by atoms with van der Waals surface area (Å²) >= 11 is 0. The summed E-state index contributed by atoms with van der Waals surface area (Å²) in [6.07, 6.45) is 0. The summed E-state index contributed by atoms with van der Waals surface area (Å²) in [5.74, 6) is -1.64. The maximum Gasteiger partial charge on any atom is 0.335 e. The second kappa shape index (κ2) is 7.69. The summed E-state index contributed by atoms with van der Waals surface area (Å²) in [5.41, 5.74) is 5.99. The average Bonchev–Trinajstić information content (AvgIpc) is 2.48. The van der Waals surface area contributed by atoms with Gasteiger partial charge in [-0.05, 0) is 25.1 Å². The van der Waals surface area contributed by atoms with Crippen molar-refractivity contribution in [2.75, 3.05) is 0 Å². The molecule has 21 heavy (non-hydrogen) atoms. The summed E-state index contributed by atoms with van der Waals surface area (Å²) in [5, 5.41) is 17.7. The van der Waals surface area contributed by atoms with Gasteiger partial charge in [0.1, 0.15) is 5.75 Å². The molecule has 110 valence electrons. The van der Waals surface area contributed by atoms with E-state index >= 15 is 0 Å². The molecular formula is C16H17NO4.